The summed E-state index contributed by atoms with van der Waals surface area (Å²) in [6.07, 6.45) is 6.23. The Morgan fingerprint density at radius 3 is 2.53 bits per heavy atom. The van der Waals surface area contributed by atoms with Gasteiger partial charge in [0.2, 0.25) is 0 Å². The van der Waals surface area contributed by atoms with Crippen molar-refractivity contribution in [1.82, 2.24) is 0 Å². The van der Waals surface area contributed by atoms with Gasteiger partial charge in [0.1, 0.15) is 5.75 Å². The second-order valence-corrected chi connectivity index (χ2v) is 5.64. The monoisotopic (exact) mass is 255 g/mol. The fourth-order valence-electron chi connectivity index (χ4n) is 3.36. The molecule has 1 aliphatic carbocycles. The summed E-state index contributed by atoms with van der Waals surface area (Å²) >= 11 is 0. The van der Waals surface area contributed by atoms with Gasteiger partial charge in [-0.2, -0.15) is 0 Å². The molecule has 2 heteroatoms. The summed E-state index contributed by atoms with van der Waals surface area (Å²) in [5.41, 5.74) is 7.41. The molecule has 1 aliphatic rings. The Hall–Kier alpha value is -1.54. The van der Waals surface area contributed by atoms with Gasteiger partial charge in [0.15, 0.2) is 0 Å². The van der Waals surface area contributed by atoms with Gasteiger partial charge in [-0.15, -0.1) is 0 Å². The second-order valence-electron chi connectivity index (χ2n) is 5.64. The van der Waals surface area contributed by atoms with Gasteiger partial charge in [0.05, 0.1) is 0 Å². The largest absolute Gasteiger partial charge is 0.508 e. The van der Waals surface area contributed by atoms with E-state index in [0.717, 1.165) is 16.3 Å². The zero-order chi connectivity index (χ0) is 13.2. The summed E-state index contributed by atoms with van der Waals surface area (Å²) < 4.78 is 0. The molecular formula is C17H21NO. The summed E-state index contributed by atoms with van der Waals surface area (Å²) in [6.45, 7) is 0. The van der Waals surface area contributed by atoms with E-state index in [9.17, 15) is 5.11 Å². The van der Waals surface area contributed by atoms with Crippen LogP contribution in [-0.2, 0) is 0 Å². The number of phenols is 1. The summed E-state index contributed by atoms with van der Waals surface area (Å²) in [6, 6.07) is 11.9. The molecule has 19 heavy (non-hydrogen) atoms. The van der Waals surface area contributed by atoms with Crippen molar-refractivity contribution >= 4 is 10.8 Å². The topological polar surface area (TPSA) is 46.2 Å². The van der Waals surface area contributed by atoms with Crippen LogP contribution >= 0.6 is 0 Å². The molecule has 1 fully saturated rings. The van der Waals surface area contributed by atoms with Crippen LogP contribution in [0.1, 0.15) is 43.7 Å². The van der Waals surface area contributed by atoms with E-state index in [4.69, 9.17) is 5.73 Å². The molecule has 2 aromatic carbocycles. The van der Waals surface area contributed by atoms with Crippen molar-refractivity contribution in [1.29, 1.82) is 0 Å². The SMILES string of the molecule is N[C@H](c1c(O)ccc2ccccc12)C1CCCCC1. The standard InChI is InChI=1S/C17H21NO/c18-17(13-7-2-1-3-8-13)16-14-9-5-4-6-12(14)10-11-15(16)19/h4-6,9-11,13,17,19H,1-3,7-8,18H2/t17-/m0/s1. The van der Waals surface area contributed by atoms with E-state index in [1.165, 1.54) is 32.1 Å². The highest BCUT2D eigenvalue weighted by Gasteiger charge is 2.25. The zero-order valence-corrected chi connectivity index (χ0v) is 11.2. The van der Waals surface area contributed by atoms with Gasteiger partial charge >= 0.3 is 0 Å². The fraction of sp³-hybridized carbons (Fsp3) is 0.412. The molecule has 0 aromatic heterocycles. The van der Waals surface area contributed by atoms with E-state index in [1.54, 1.807) is 6.07 Å². The van der Waals surface area contributed by atoms with Crippen LogP contribution in [0.2, 0.25) is 0 Å². The lowest BCUT2D eigenvalue weighted by Gasteiger charge is -2.29. The summed E-state index contributed by atoms with van der Waals surface area (Å²) in [5.74, 6) is 0.849. The first-order chi connectivity index (χ1) is 9.27. The van der Waals surface area contributed by atoms with E-state index in [0.29, 0.717) is 11.7 Å². The van der Waals surface area contributed by atoms with Crippen molar-refractivity contribution in [2.24, 2.45) is 11.7 Å². The summed E-state index contributed by atoms with van der Waals surface area (Å²) in [7, 11) is 0. The van der Waals surface area contributed by atoms with Crippen LogP contribution in [0.5, 0.6) is 5.75 Å². The second kappa shape index (κ2) is 5.22. The van der Waals surface area contributed by atoms with Gasteiger partial charge in [-0.1, -0.05) is 49.6 Å². The van der Waals surface area contributed by atoms with Crippen molar-refractivity contribution in [2.75, 3.05) is 0 Å². The minimum atomic E-state index is -0.0496. The number of benzene rings is 2. The molecule has 0 unspecified atom stereocenters. The molecule has 1 saturated carbocycles. The Morgan fingerprint density at radius 2 is 1.74 bits per heavy atom. The lowest BCUT2D eigenvalue weighted by Crippen LogP contribution is -2.23. The predicted octanol–water partition coefficient (Wildman–Crippen LogP) is 4.13. The third kappa shape index (κ3) is 2.33. The fourth-order valence-corrected chi connectivity index (χ4v) is 3.36. The van der Waals surface area contributed by atoms with Crippen LogP contribution in [0.3, 0.4) is 0 Å². The maximum absolute atomic E-state index is 10.2. The first kappa shape index (κ1) is 12.5. The average molecular weight is 255 g/mol. The molecule has 0 amide bonds. The molecule has 2 aromatic rings. The maximum atomic E-state index is 10.2. The van der Waals surface area contributed by atoms with Crippen LogP contribution in [0.25, 0.3) is 10.8 Å². The lowest BCUT2D eigenvalue weighted by atomic mass is 9.80. The first-order valence-electron chi connectivity index (χ1n) is 7.23. The van der Waals surface area contributed by atoms with E-state index >= 15 is 0 Å². The van der Waals surface area contributed by atoms with Gasteiger partial charge in [-0.3, -0.25) is 0 Å². The maximum Gasteiger partial charge on any atom is 0.120 e. The van der Waals surface area contributed by atoms with Crippen LogP contribution in [0.4, 0.5) is 0 Å². The number of fused-ring (bicyclic) bond motifs is 1. The zero-order valence-electron chi connectivity index (χ0n) is 11.2. The van der Waals surface area contributed by atoms with Crippen molar-refractivity contribution in [3.8, 4) is 5.75 Å². The number of aromatic hydroxyl groups is 1. The molecule has 3 rings (SSSR count). The third-order valence-electron chi connectivity index (χ3n) is 4.44. The molecule has 3 N–H and O–H groups in total. The molecular weight excluding hydrogens is 234 g/mol. The molecule has 100 valence electrons. The lowest BCUT2D eigenvalue weighted by molar-refractivity contribution is 0.304. The molecule has 0 saturated heterocycles. The molecule has 0 radical (unpaired) electrons. The Morgan fingerprint density at radius 1 is 1.00 bits per heavy atom. The molecule has 0 heterocycles. The van der Waals surface area contributed by atoms with Crippen molar-refractivity contribution in [3.63, 3.8) is 0 Å². The van der Waals surface area contributed by atoms with E-state index < -0.39 is 0 Å². The Labute approximate surface area is 114 Å². The van der Waals surface area contributed by atoms with E-state index in [2.05, 4.69) is 12.1 Å². The first-order valence-corrected chi connectivity index (χ1v) is 7.23. The van der Waals surface area contributed by atoms with Gasteiger partial charge < -0.3 is 10.8 Å². The Kier molecular flexibility index (Phi) is 3.43. The molecule has 2 nitrogen and oxygen atoms in total. The minimum Gasteiger partial charge on any atom is -0.508 e. The number of nitrogens with two attached hydrogens (primary N) is 1. The average Bonchev–Trinajstić information content (AvgIpc) is 2.47. The van der Waals surface area contributed by atoms with Crippen LogP contribution < -0.4 is 5.73 Å². The molecule has 0 bridgehead atoms. The van der Waals surface area contributed by atoms with Crippen molar-refractivity contribution < 1.29 is 5.11 Å². The van der Waals surface area contributed by atoms with Crippen molar-refractivity contribution in [2.45, 2.75) is 38.1 Å². The Bertz CT molecular complexity index is 572. The quantitative estimate of drug-likeness (QED) is 0.847. The number of phenolic OH excluding ortho intramolecular Hbond substituents is 1. The molecule has 0 spiro atoms. The highest BCUT2D eigenvalue weighted by molar-refractivity contribution is 5.88. The minimum absolute atomic E-state index is 0.0496. The number of hydrogen-bond acceptors (Lipinski definition) is 2. The van der Waals surface area contributed by atoms with Crippen LogP contribution in [0, 0.1) is 5.92 Å². The van der Waals surface area contributed by atoms with E-state index in [1.807, 2.05) is 18.2 Å². The highest BCUT2D eigenvalue weighted by Crippen LogP contribution is 2.39. The molecule has 0 aliphatic heterocycles. The number of rotatable bonds is 2. The smallest absolute Gasteiger partial charge is 0.120 e. The summed E-state index contributed by atoms with van der Waals surface area (Å²) in [4.78, 5) is 0. The van der Waals surface area contributed by atoms with Gasteiger partial charge in [-0.25, -0.2) is 0 Å². The van der Waals surface area contributed by atoms with Gasteiger partial charge in [0, 0.05) is 11.6 Å². The van der Waals surface area contributed by atoms with Crippen molar-refractivity contribution in [3.05, 3.63) is 42.0 Å². The molecule has 1 atom stereocenters. The summed E-state index contributed by atoms with van der Waals surface area (Å²) in [5, 5.41) is 12.5. The third-order valence-corrected chi connectivity index (χ3v) is 4.44. The Balaban J connectivity index is 2.05. The predicted molar refractivity (Wildman–Crippen MR) is 79.1 cm³/mol. The van der Waals surface area contributed by atoms with E-state index in [-0.39, 0.29) is 6.04 Å². The van der Waals surface area contributed by atoms with Crippen LogP contribution in [-0.4, -0.2) is 5.11 Å². The van der Waals surface area contributed by atoms with Gasteiger partial charge in [0.25, 0.3) is 0 Å². The van der Waals surface area contributed by atoms with Crippen LogP contribution in [0.15, 0.2) is 36.4 Å². The van der Waals surface area contributed by atoms with Gasteiger partial charge in [-0.05, 0) is 35.6 Å². The number of hydrogen-bond donors (Lipinski definition) is 2. The highest BCUT2D eigenvalue weighted by atomic mass is 16.3. The normalized spacial score (nSPS) is 18.6.